The molecule has 0 aromatic carbocycles. The first kappa shape index (κ1) is 39.9. The van der Waals surface area contributed by atoms with Crippen molar-refractivity contribution >= 4 is 94.1 Å². The largest absolute Gasteiger partial charge is 0.117 e. The van der Waals surface area contributed by atoms with Crippen LogP contribution >= 0.6 is 94.1 Å². The fraction of sp³-hybridized carbons (Fsp3) is 0.722. The Morgan fingerprint density at radius 1 is 0.409 bits per heavy atom. The summed E-state index contributed by atoms with van der Waals surface area (Å²) in [6, 6.07) is 0. The molecule has 0 radical (unpaired) electrons. The SMILES string of the molecule is CCCCCCSC1=C(SCCCCCC)SC(=C2C=CC(=C3SC(SCCCCCC)=C(SCCCCCC)S3)CC2)S1. The van der Waals surface area contributed by atoms with Crippen molar-refractivity contribution in [3.63, 3.8) is 0 Å². The maximum absolute atomic E-state index is 2.48. The molecule has 0 amide bonds. The van der Waals surface area contributed by atoms with Crippen LogP contribution in [0.5, 0.6) is 0 Å². The molecule has 44 heavy (non-hydrogen) atoms. The lowest BCUT2D eigenvalue weighted by atomic mass is 10.00. The third kappa shape index (κ3) is 15.4. The van der Waals surface area contributed by atoms with Gasteiger partial charge < -0.3 is 0 Å². The van der Waals surface area contributed by atoms with E-state index in [1.54, 1.807) is 36.6 Å². The van der Waals surface area contributed by atoms with E-state index < -0.39 is 0 Å². The molecule has 0 atom stereocenters. The molecule has 0 aromatic heterocycles. The summed E-state index contributed by atoms with van der Waals surface area (Å²) in [7, 11) is 0. The fourth-order valence-electron chi connectivity index (χ4n) is 4.91. The maximum atomic E-state index is 2.48. The smallest absolute Gasteiger partial charge is 0.0659 e. The molecular weight excluding hydrogens is 689 g/mol. The van der Waals surface area contributed by atoms with Crippen molar-refractivity contribution in [3.05, 3.63) is 48.7 Å². The van der Waals surface area contributed by atoms with Gasteiger partial charge in [-0.1, -0.05) is 164 Å². The van der Waals surface area contributed by atoms with Crippen LogP contribution in [0.1, 0.15) is 143 Å². The lowest BCUT2D eigenvalue weighted by Crippen LogP contribution is -1.93. The molecular formula is C36H58S8. The van der Waals surface area contributed by atoms with E-state index in [1.165, 1.54) is 139 Å². The monoisotopic (exact) mass is 746 g/mol. The molecule has 0 nitrogen and oxygen atoms in total. The highest BCUT2D eigenvalue weighted by molar-refractivity contribution is 8.41. The normalized spacial score (nSPS) is 17.4. The number of hydrogen-bond acceptors (Lipinski definition) is 8. The van der Waals surface area contributed by atoms with E-state index in [1.807, 2.05) is 0 Å². The van der Waals surface area contributed by atoms with Gasteiger partial charge in [0.05, 0.1) is 25.4 Å². The van der Waals surface area contributed by atoms with Gasteiger partial charge in [0.1, 0.15) is 0 Å². The molecule has 0 aromatic rings. The zero-order valence-electron chi connectivity index (χ0n) is 28.0. The second-order valence-electron chi connectivity index (χ2n) is 11.7. The summed E-state index contributed by atoms with van der Waals surface area (Å²) in [5, 5.41) is 0. The summed E-state index contributed by atoms with van der Waals surface area (Å²) in [6.45, 7) is 9.24. The first-order chi connectivity index (χ1) is 21.7. The van der Waals surface area contributed by atoms with Gasteiger partial charge in [0, 0.05) is 0 Å². The predicted octanol–water partition coefficient (Wildman–Crippen LogP) is 16.2. The Morgan fingerprint density at radius 3 is 0.909 bits per heavy atom. The van der Waals surface area contributed by atoms with E-state index >= 15 is 0 Å². The third-order valence-corrected chi connectivity index (χ3v) is 19.3. The van der Waals surface area contributed by atoms with Crippen LogP contribution < -0.4 is 0 Å². The topological polar surface area (TPSA) is 0 Å². The summed E-state index contributed by atoms with van der Waals surface area (Å²) in [4.78, 5) is 0. The third-order valence-electron chi connectivity index (χ3n) is 7.67. The fourth-order valence-corrected chi connectivity index (χ4v) is 17.1. The quantitative estimate of drug-likeness (QED) is 0.0884. The van der Waals surface area contributed by atoms with Gasteiger partial charge in [0.25, 0.3) is 0 Å². The van der Waals surface area contributed by atoms with Crippen molar-refractivity contribution in [2.75, 3.05) is 23.0 Å². The molecule has 0 unspecified atom stereocenters. The van der Waals surface area contributed by atoms with Gasteiger partial charge in [-0.05, 0) is 72.7 Å². The van der Waals surface area contributed by atoms with Crippen LogP contribution in [0.4, 0.5) is 0 Å². The molecule has 3 aliphatic rings. The van der Waals surface area contributed by atoms with Crippen molar-refractivity contribution in [1.82, 2.24) is 0 Å². The Balaban J connectivity index is 1.61. The Labute approximate surface area is 306 Å². The maximum Gasteiger partial charge on any atom is 0.0659 e. The van der Waals surface area contributed by atoms with Gasteiger partial charge in [-0.3, -0.25) is 0 Å². The van der Waals surface area contributed by atoms with Crippen molar-refractivity contribution in [2.24, 2.45) is 0 Å². The number of rotatable bonds is 24. The van der Waals surface area contributed by atoms with Gasteiger partial charge in [-0.25, -0.2) is 0 Å². The van der Waals surface area contributed by atoms with Gasteiger partial charge in [-0.2, -0.15) is 0 Å². The first-order valence-corrected chi connectivity index (χ1v) is 24.8. The van der Waals surface area contributed by atoms with Crippen LogP contribution in [0.3, 0.4) is 0 Å². The van der Waals surface area contributed by atoms with Crippen molar-refractivity contribution in [3.8, 4) is 0 Å². The van der Waals surface area contributed by atoms with E-state index in [9.17, 15) is 0 Å². The second-order valence-corrected chi connectivity index (χ2v) is 21.7. The van der Waals surface area contributed by atoms with Crippen LogP contribution in [0.25, 0.3) is 0 Å². The highest BCUT2D eigenvalue weighted by atomic mass is 32.3. The minimum absolute atomic E-state index is 1.19. The molecule has 2 aliphatic heterocycles. The molecule has 0 saturated carbocycles. The molecule has 0 spiro atoms. The average Bonchev–Trinajstić information content (AvgIpc) is 3.64. The highest BCUT2D eigenvalue weighted by Crippen LogP contribution is 2.61. The van der Waals surface area contributed by atoms with Crippen LogP contribution in [0, 0.1) is 0 Å². The summed E-state index contributed by atoms with van der Waals surface area (Å²) in [5.41, 5.74) is 3.15. The Morgan fingerprint density at radius 2 is 0.682 bits per heavy atom. The molecule has 8 heteroatoms. The number of allylic oxidation sites excluding steroid dienone is 4. The number of hydrogen-bond donors (Lipinski definition) is 0. The summed E-state index contributed by atoms with van der Waals surface area (Å²) >= 11 is 16.9. The molecule has 0 fully saturated rings. The summed E-state index contributed by atoms with van der Waals surface area (Å²) < 4.78 is 9.51. The average molecular weight is 747 g/mol. The lowest BCUT2D eigenvalue weighted by Gasteiger charge is -2.15. The van der Waals surface area contributed by atoms with Gasteiger partial charge >= 0.3 is 0 Å². The van der Waals surface area contributed by atoms with E-state index in [2.05, 4.69) is 134 Å². The van der Waals surface area contributed by atoms with E-state index in [4.69, 9.17) is 0 Å². The summed E-state index contributed by atoms with van der Waals surface area (Å²) in [6.07, 6.45) is 29.1. The van der Waals surface area contributed by atoms with E-state index in [-0.39, 0.29) is 0 Å². The minimum atomic E-state index is 1.19. The van der Waals surface area contributed by atoms with Crippen molar-refractivity contribution < 1.29 is 0 Å². The van der Waals surface area contributed by atoms with Crippen LogP contribution in [-0.2, 0) is 0 Å². The molecule has 0 saturated heterocycles. The second kappa shape index (κ2) is 25.5. The Kier molecular flexibility index (Phi) is 23.1. The van der Waals surface area contributed by atoms with Crippen LogP contribution in [0.15, 0.2) is 48.7 Å². The van der Waals surface area contributed by atoms with Gasteiger partial charge in [0.2, 0.25) is 0 Å². The predicted molar refractivity (Wildman–Crippen MR) is 223 cm³/mol. The Hall–Kier alpha value is 1.50. The van der Waals surface area contributed by atoms with Gasteiger partial charge in [0.15, 0.2) is 0 Å². The van der Waals surface area contributed by atoms with Crippen molar-refractivity contribution in [2.45, 2.75) is 143 Å². The van der Waals surface area contributed by atoms with Crippen molar-refractivity contribution in [1.29, 1.82) is 0 Å². The minimum Gasteiger partial charge on any atom is -0.117 e. The molecule has 3 rings (SSSR count). The first-order valence-electron chi connectivity index (χ1n) is 17.6. The number of unbranched alkanes of at least 4 members (excludes halogenated alkanes) is 12. The molecule has 2 heterocycles. The Bertz CT molecular complexity index is 856. The highest BCUT2D eigenvalue weighted by Gasteiger charge is 2.27. The molecule has 0 N–H and O–H groups in total. The van der Waals surface area contributed by atoms with Crippen LogP contribution in [0.2, 0.25) is 0 Å². The number of thioether (sulfide) groups is 8. The molecule has 250 valence electrons. The molecule has 0 bridgehead atoms. The van der Waals surface area contributed by atoms with E-state index in [0.717, 1.165) is 0 Å². The summed E-state index contributed by atoms with van der Waals surface area (Å²) in [5.74, 6) is 5.10. The molecule has 1 aliphatic carbocycles. The lowest BCUT2D eigenvalue weighted by molar-refractivity contribution is 0.707. The standard InChI is InChI=1S/C36H58S8/c1-5-9-13-17-25-37-33-34(38-26-18-14-10-6-2)42-31(41-33)29-21-23-30(24-22-29)32-43-35(39-27-19-15-11-7-3)36(44-32)40-28-20-16-12-8-4/h21,23H,5-20,22,24-28H2,1-4H3. The zero-order chi connectivity index (χ0) is 31.2. The van der Waals surface area contributed by atoms with Crippen LogP contribution in [-0.4, -0.2) is 23.0 Å². The zero-order valence-corrected chi connectivity index (χ0v) is 34.5. The van der Waals surface area contributed by atoms with E-state index in [0.29, 0.717) is 0 Å². The van der Waals surface area contributed by atoms with Gasteiger partial charge in [-0.15, -0.1) is 47.0 Å².